The molecule has 40 heavy (non-hydrogen) atoms. The summed E-state index contributed by atoms with van der Waals surface area (Å²) in [7, 11) is 2.61. The molecule has 0 radical (unpaired) electrons. The van der Waals surface area contributed by atoms with Crippen LogP contribution < -0.4 is 19.6 Å². The van der Waals surface area contributed by atoms with Gasteiger partial charge >= 0.3 is 11.9 Å². The lowest BCUT2D eigenvalue weighted by molar-refractivity contribution is -0.143. The van der Waals surface area contributed by atoms with Gasteiger partial charge in [-0.05, 0) is 35.9 Å². The van der Waals surface area contributed by atoms with Crippen LogP contribution in [0.25, 0.3) is 22.3 Å². The maximum absolute atomic E-state index is 13.2. The smallest absolute Gasteiger partial charge is 0.343 e. The zero-order chi connectivity index (χ0) is 28.7. The summed E-state index contributed by atoms with van der Waals surface area (Å²) in [5.41, 5.74) is -0.320. The van der Waals surface area contributed by atoms with Gasteiger partial charge in [0.05, 0.1) is 20.6 Å². The largest absolute Gasteiger partial charge is 0.507 e. The van der Waals surface area contributed by atoms with Crippen LogP contribution in [0.5, 0.6) is 40.2 Å². The van der Waals surface area contributed by atoms with E-state index in [9.17, 15) is 34.8 Å². The van der Waals surface area contributed by atoms with Crippen LogP contribution in [0.2, 0.25) is 0 Å². The first kappa shape index (κ1) is 26.2. The van der Waals surface area contributed by atoms with Crippen molar-refractivity contribution in [2.45, 2.75) is 12.3 Å². The summed E-state index contributed by atoms with van der Waals surface area (Å²) in [5, 5.41) is 40.6. The second-order valence-corrected chi connectivity index (χ2v) is 8.83. The maximum atomic E-state index is 13.2. The highest BCUT2D eigenvalue weighted by Crippen LogP contribution is 2.48. The molecular formula is C28H22O12. The third-order valence-corrected chi connectivity index (χ3v) is 6.47. The SMILES string of the molecule is COC(=O)COc1ccc([C@@H]2CC(=O)Oc3cc(O)c4c(=O)c(O)c(-c5ccc(O)c(O)c5)oc4c32)cc1OC. The zero-order valence-corrected chi connectivity index (χ0v) is 21.1. The monoisotopic (exact) mass is 550 g/mol. The highest BCUT2D eigenvalue weighted by atomic mass is 16.6. The fraction of sp³-hybridized carbons (Fsp3) is 0.179. The number of carbonyl (C=O) groups excluding carboxylic acids is 2. The Labute approximate surface area is 225 Å². The minimum Gasteiger partial charge on any atom is -0.507 e. The number of phenols is 3. The molecule has 4 aromatic rings. The number of ether oxygens (including phenoxy) is 4. The number of rotatable bonds is 6. The van der Waals surface area contributed by atoms with E-state index in [-0.39, 0.29) is 58.1 Å². The van der Waals surface area contributed by atoms with Crippen molar-refractivity contribution in [3.05, 3.63) is 63.8 Å². The quantitative estimate of drug-likeness (QED) is 0.156. The van der Waals surface area contributed by atoms with Crippen LogP contribution in [0, 0.1) is 0 Å². The lowest BCUT2D eigenvalue weighted by atomic mass is 9.85. The van der Waals surface area contributed by atoms with Crippen molar-refractivity contribution in [2.75, 3.05) is 20.8 Å². The van der Waals surface area contributed by atoms with Crippen molar-refractivity contribution in [1.82, 2.24) is 0 Å². The number of methoxy groups -OCH3 is 2. The van der Waals surface area contributed by atoms with Crippen LogP contribution in [0.3, 0.4) is 0 Å². The van der Waals surface area contributed by atoms with E-state index in [1.807, 2.05) is 0 Å². The minimum absolute atomic E-state index is 0.0574. The first-order chi connectivity index (χ1) is 19.1. The fourth-order valence-corrected chi connectivity index (χ4v) is 4.54. The number of phenolic OH excluding ortho intramolecular Hbond substituents is 3. The lowest BCUT2D eigenvalue weighted by Gasteiger charge is -2.26. The third kappa shape index (κ3) is 4.45. The van der Waals surface area contributed by atoms with Crippen LogP contribution in [-0.4, -0.2) is 53.2 Å². The van der Waals surface area contributed by atoms with Gasteiger partial charge in [-0.15, -0.1) is 0 Å². The average molecular weight is 550 g/mol. The normalized spacial score (nSPS) is 14.3. The molecule has 1 aromatic heterocycles. The number of esters is 2. The molecule has 0 saturated carbocycles. The molecule has 1 atom stereocenters. The van der Waals surface area contributed by atoms with Gasteiger partial charge in [0.25, 0.3) is 0 Å². The Morgan fingerprint density at radius 2 is 1.73 bits per heavy atom. The number of benzene rings is 3. The molecule has 5 rings (SSSR count). The van der Waals surface area contributed by atoms with E-state index in [1.54, 1.807) is 12.1 Å². The first-order valence-corrected chi connectivity index (χ1v) is 11.8. The summed E-state index contributed by atoms with van der Waals surface area (Å²) in [6.07, 6.45) is -0.182. The Bertz CT molecular complexity index is 1740. The molecule has 206 valence electrons. The van der Waals surface area contributed by atoms with E-state index >= 15 is 0 Å². The van der Waals surface area contributed by atoms with Gasteiger partial charge in [-0.2, -0.15) is 0 Å². The minimum atomic E-state index is -0.969. The van der Waals surface area contributed by atoms with E-state index < -0.39 is 46.3 Å². The van der Waals surface area contributed by atoms with Gasteiger partial charge < -0.3 is 43.8 Å². The summed E-state index contributed by atoms with van der Waals surface area (Å²) in [5.74, 6) is -4.31. The van der Waals surface area contributed by atoms with Gasteiger partial charge in [0.1, 0.15) is 22.5 Å². The van der Waals surface area contributed by atoms with E-state index in [0.717, 1.165) is 18.2 Å². The van der Waals surface area contributed by atoms with Crippen molar-refractivity contribution in [2.24, 2.45) is 0 Å². The topological polar surface area (TPSA) is 182 Å². The molecule has 2 heterocycles. The molecule has 0 aliphatic carbocycles. The molecule has 0 fully saturated rings. The van der Waals surface area contributed by atoms with Crippen LogP contribution in [0.4, 0.5) is 0 Å². The van der Waals surface area contributed by atoms with Gasteiger partial charge in [0.15, 0.2) is 35.4 Å². The van der Waals surface area contributed by atoms with E-state index in [1.165, 1.54) is 26.4 Å². The van der Waals surface area contributed by atoms with Crippen LogP contribution in [0.15, 0.2) is 51.7 Å². The summed E-state index contributed by atoms with van der Waals surface area (Å²) >= 11 is 0. The molecule has 12 heteroatoms. The molecule has 0 saturated heterocycles. The van der Waals surface area contributed by atoms with E-state index in [0.29, 0.717) is 5.56 Å². The molecule has 0 bridgehead atoms. The number of carbonyl (C=O) groups is 2. The van der Waals surface area contributed by atoms with Gasteiger partial charge in [0, 0.05) is 23.1 Å². The molecule has 4 N–H and O–H groups in total. The second-order valence-electron chi connectivity index (χ2n) is 8.83. The molecule has 0 unspecified atom stereocenters. The third-order valence-electron chi connectivity index (χ3n) is 6.47. The van der Waals surface area contributed by atoms with Crippen LogP contribution in [-0.2, 0) is 14.3 Å². The van der Waals surface area contributed by atoms with Crippen LogP contribution in [0.1, 0.15) is 23.5 Å². The van der Waals surface area contributed by atoms with Gasteiger partial charge in [-0.25, -0.2) is 4.79 Å². The van der Waals surface area contributed by atoms with Crippen molar-refractivity contribution in [3.63, 3.8) is 0 Å². The van der Waals surface area contributed by atoms with Crippen molar-refractivity contribution in [3.8, 4) is 51.6 Å². The average Bonchev–Trinajstić information content (AvgIpc) is 2.94. The zero-order valence-electron chi connectivity index (χ0n) is 21.1. The Balaban J connectivity index is 1.72. The molecule has 0 amide bonds. The van der Waals surface area contributed by atoms with Gasteiger partial charge in [-0.1, -0.05) is 6.07 Å². The Morgan fingerprint density at radius 1 is 0.950 bits per heavy atom. The molecule has 0 spiro atoms. The van der Waals surface area contributed by atoms with E-state index in [2.05, 4.69) is 4.74 Å². The summed E-state index contributed by atoms with van der Waals surface area (Å²) in [6.45, 7) is -0.362. The highest BCUT2D eigenvalue weighted by Gasteiger charge is 2.35. The highest BCUT2D eigenvalue weighted by molar-refractivity contribution is 5.94. The number of hydrogen-bond acceptors (Lipinski definition) is 12. The number of hydrogen-bond donors (Lipinski definition) is 4. The molecule has 3 aromatic carbocycles. The van der Waals surface area contributed by atoms with Gasteiger partial charge in [0.2, 0.25) is 11.2 Å². The molecule has 12 nitrogen and oxygen atoms in total. The number of fused-ring (bicyclic) bond motifs is 3. The first-order valence-electron chi connectivity index (χ1n) is 11.8. The summed E-state index contributed by atoms with van der Waals surface area (Å²) in [6, 6.07) is 9.37. The predicted molar refractivity (Wildman–Crippen MR) is 137 cm³/mol. The van der Waals surface area contributed by atoms with Crippen LogP contribution >= 0.6 is 0 Å². The van der Waals surface area contributed by atoms with Crippen molar-refractivity contribution >= 4 is 22.9 Å². The van der Waals surface area contributed by atoms with Crippen molar-refractivity contribution < 1.29 is 53.4 Å². The standard InChI is InChI=1S/C28H22O12/c1-36-19-8-12(4-6-18(19)38-11-22(33)37-2)14-9-21(32)39-20-10-17(31)24-25(34)26(35)27(40-28(24)23(14)20)13-3-5-15(29)16(30)7-13/h3-8,10,14,29-31,35H,9,11H2,1-2H3/t14-/m0/s1. The Hall–Kier alpha value is -5.39. The van der Waals surface area contributed by atoms with E-state index in [4.69, 9.17) is 18.6 Å². The number of aromatic hydroxyl groups is 4. The Morgan fingerprint density at radius 3 is 2.42 bits per heavy atom. The molecule has 1 aliphatic rings. The molecule has 1 aliphatic heterocycles. The van der Waals surface area contributed by atoms with Gasteiger partial charge in [-0.3, -0.25) is 9.59 Å². The second kappa shape index (κ2) is 10.1. The fourth-order valence-electron chi connectivity index (χ4n) is 4.54. The summed E-state index contributed by atoms with van der Waals surface area (Å²) < 4.78 is 26.8. The predicted octanol–water partition coefficient (Wildman–Crippen LogP) is 3.28. The molecular weight excluding hydrogens is 528 g/mol. The lowest BCUT2D eigenvalue weighted by Crippen LogP contribution is -2.22. The Kier molecular flexibility index (Phi) is 6.59. The maximum Gasteiger partial charge on any atom is 0.343 e. The van der Waals surface area contributed by atoms with Crippen molar-refractivity contribution in [1.29, 1.82) is 0 Å². The summed E-state index contributed by atoms with van der Waals surface area (Å²) in [4.78, 5) is 37.3.